The molecule has 0 aliphatic rings. The molecule has 1 N–H and O–H groups in total. The summed E-state index contributed by atoms with van der Waals surface area (Å²) in [5.41, 5.74) is 5.60. The second-order valence-corrected chi connectivity index (χ2v) is 10.2. The van der Waals surface area contributed by atoms with Crippen molar-refractivity contribution in [2.75, 3.05) is 7.11 Å². The van der Waals surface area contributed by atoms with Crippen LogP contribution in [0.3, 0.4) is 0 Å². The van der Waals surface area contributed by atoms with E-state index in [1.54, 1.807) is 25.3 Å². The molecule has 0 spiro atoms. The van der Waals surface area contributed by atoms with E-state index < -0.39 is 11.3 Å². The molecular weight excluding hydrogens is 541 g/mol. The van der Waals surface area contributed by atoms with Gasteiger partial charge in [-0.25, -0.2) is 9.78 Å². The summed E-state index contributed by atoms with van der Waals surface area (Å²) in [6.07, 6.45) is 1.63. The van der Waals surface area contributed by atoms with Gasteiger partial charge in [0.05, 0.1) is 28.6 Å². The normalized spacial score (nSPS) is 12.1. The first-order chi connectivity index (χ1) is 18.7. The molecule has 0 radical (unpaired) electrons. The topological polar surface area (TPSA) is 99.6 Å². The molecule has 0 amide bonds. The number of benzene rings is 2. The number of methoxy groups -OCH3 is 1. The van der Waals surface area contributed by atoms with Crippen molar-refractivity contribution in [3.63, 3.8) is 0 Å². The molecule has 0 bridgehead atoms. The number of nitrogens with zero attached hydrogens (tertiary/aromatic N) is 3. The third-order valence-corrected chi connectivity index (χ3v) is 7.05. The van der Waals surface area contributed by atoms with Crippen molar-refractivity contribution in [3.8, 4) is 34.1 Å². The van der Waals surface area contributed by atoms with Gasteiger partial charge in [-0.05, 0) is 54.8 Å². The van der Waals surface area contributed by atoms with Crippen LogP contribution in [0.5, 0.6) is 11.6 Å². The third-order valence-electron chi connectivity index (χ3n) is 6.55. The molecule has 0 aliphatic carbocycles. The molecule has 39 heavy (non-hydrogen) atoms. The van der Waals surface area contributed by atoms with Crippen LogP contribution in [0.15, 0.2) is 59.3 Å². The lowest BCUT2D eigenvalue weighted by molar-refractivity contribution is 0.0699. The van der Waals surface area contributed by atoms with E-state index in [4.69, 9.17) is 37.2 Å². The van der Waals surface area contributed by atoms with E-state index in [0.29, 0.717) is 44.7 Å². The monoisotopic (exact) mass is 565 g/mol. The number of carbonyl (C=O) groups is 1. The average Bonchev–Trinajstić information content (AvgIpc) is 3.49. The van der Waals surface area contributed by atoms with Crippen LogP contribution in [0.4, 0.5) is 0 Å². The maximum atomic E-state index is 11.6. The van der Waals surface area contributed by atoms with E-state index in [0.717, 1.165) is 22.2 Å². The number of alkyl halides is 1. The van der Waals surface area contributed by atoms with Crippen LogP contribution in [0, 0.1) is 6.92 Å². The smallest absolute Gasteiger partial charge is 0.337 e. The minimum atomic E-state index is -0.946. The van der Waals surface area contributed by atoms with E-state index in [2.05, 4.69) is 10.1 Å². The molecule has 200 valence electrons. The van der Waals surface area contributed by atoms with Gasteiger partial charge in [-0.3, -0.25) is 0 Å². The predicted octanol–water partition coefficient (Wildman–Crippen LogP) is 7.44. The summed E-state index contributed by atoms with van der Waals surface area (Å²) < 4.78 is 18.8. The van der Waals surface area contributed by atoms with Gasteiger partial charge in [-0.2, -0.15) is 0 Å². The van der Waals surface area contributed by atoms with E-state index >= 15 is 0 Å². The zero-order valence-electron chi connectivity index (χ0n) is 21.7. The van der Waals surface area contributed by atoms with Gasteiger partial charge in [0.2, 0.25) is 5.88 Å². The summed E-state index contributed by atoms with van der Waals surface area (Å²) in [5, 5.41) is 14.3. The molecule has 3 heterocycles. The maximum absolute atomic E-state index is 11.6. The van der Waals surface area contributed by atoms with Crippen LogP contribution in [0.2, 0.25) is 5.02 Å². The van der Waals surface area contributed by atoms with Gasteiger partial charge in [-0.15, -0.1) is 11.6 Å². The Balaban J connectivity index is 1.44. The van der Waals surface area contributed by atoms with Crippen LogP contribution in [0.1, 0.15) is 39.5 Å². The summed E-state index contributed by atoms with van der Waals surface area (Å²) in [6.45, 7) is 3.92. The molecule has 1 atom stereocenters. The SMILES string of the molecule is COc1ccc(Cl)c(-c2noc(C(C)Cl)c2COc2ccc(-c3ccc4c(C(=O)O)cn(C)c4c3)c(C)c2)n1. The largest absolute Gasteiger partial charge is 0.489 e. The Morgan fingerprint density at radius 3 is 2.64 bits per heavy atom. The quantitative estimate of drug-likeness (QED) is 0.195. The number of aromatic nitrogens is 3. The number of halogens is 2. The van der Waals surface area contributed by atoms with E-state index in [1.165, 1.54) is 7.11 Å². The fraction of sp³-hybridized carbons (Fsp3) is 0.207. The van der Waals surface area contributed by atoms with Gasteiger partial charge in [0.25, 0.3) is 0 Å². The van der Waals surface area contributed by atoms with Gasteiger partial charge in [0.1, 0.15) is 23.7 Å². The maximum Gasteiger partial charge on any atom is 0.337 e. The van der Waals surface area contributed by atoms with E-state index in [9.17, 15) is 9.90 Å². The highest BCUT2D eigenvalue weighted by molar-refractivity contribution is 6.33. The predicted molar refractivity (Wildman–Crippen MR) is 150 cm³/mol. The van der Waals surface area contributed by atoms with Crippen molar-refractivity contribution in [3.05, 3.63) is 82.2 Å². The molecule has 5 rings (SSSR count). The third kappa shape index (κ3) is 5.05. The molecule has 10 heteroatoms. The van der Waals surface area contributed by atoms with Crippen molar-refractivity contribution in [2.45, 2.75) is 25.8 Å². The van der Waals surface area contributed by atoms with E-state index in [1.807, 2.05) is 54.9 Å². The van der Waals surface area contributed by atoms with Crippen LogP contribution in [0.25, 0.3) is 33.4 Å². The molecule has 0 aliphatic heterocycles. The summed E-state index contributed by atoms with van der Waals surface area (Å²) in [4.78, 5) is 16.0. The number of carboxylic acids is 1. The second kappa shape index (κ2) is 10.6. The molecule has 0 saturated carbocycles. The van der Waals surface area contributed by atoms with Crippen molar-refractivity contribution >= 4 is 40.1 Å². The standard InChI is InChI=1S/C29H25Cl2N3O5/c1-15-11-18(6-8-19(15)17-5-7-20-21(29(35)36)13-34(3)24(20)12-17)38-14-22-26(33-39-28(22)16(2)30)27-23(31)9-10-25(32-27)37-4/h5-13,16H,14H2,1-4H3,(H,35,36). The highest BCUT2D eigenvalue weighted by Gasteiger charge is 2.24. The molecule has 5 aromatic rings. The van der Waals surface area contributed by atoms with Crippen LogP contribution < -0.4 is 9.47 Å². The summed E-state index contributed by atoms with van der Waals surface area (Å²) >= 11 is 12.8. The van der Waals surface area contributed by atoms with E-state index in [-0.39, 0.29) is 12.2 Å². The second-order valence-electron chi connectivity index (χ2n) is 9.13. The molecular formula is C29H25Cl2N3O5. The average molecular weight is 566 g/mol. The van der Waals surface area contributed by atoms with Gasteiger partial charge < -0.3 is 23.7 Å². The number of carboxylic acid groups (broad SMARTS) is 1. The van der Waals surface area contributed by atoms with Crippen molar-refractivity contribution in [2.24, 2.45) is 7.05 Å². The number of ether oxygens (including phenoxy) is 2. The highest BCUT2D eigenvalue weighted by Crippen LogP contribution is 2.36. The summed E-state index contributed by atoms with van der Waals surface area (Å²) in [6, 6.07) is 14.9. The number of fused-ring (bicyclic) bond motifs is 1. The number of pyridine rings is 1. The minimum Gasteiger partial charge on any atom is -0.489 e. The highest BCUT2D eigenvalue weighted by atomic mass is 35.5. The summed E-state index contributed by atoms with van der Waals surface area (Å²) in [5.74, 6) is 0.563. The Morgan fingerprint density at radius 2 is 1.95 bits per heavy atom. The fourth-order valence-electron chi connectivity index (χ4n) is 4.59. The lowest BCUT2D eigenvalue weighted by atomic mass is 9.99. The van der Waals surface area contributed by atoms with Gasteiger partial charge >= 0.3 is 5.97 Å². The number of hydrogen-bond acceptors (Lipinski definition) is 6. The summed E-state index contributed by atoms with van der Waals surface area (Å²) in [7, 11) is 3.36. The first kappa shape index (κ1) is 26.6. The van der Waals surface area contributed by atoms with Crippen LogP contribution in [-0.2, 0) is 13.7 Å². The number of aryl methyl sites for hydroxylation is 2. The van der Waals surface area contributed by atoms with Crippen molar-refractivity contribution in [1.82, 2.24) is 14.7 Å². The Hall–Kier alpha value is -4.01. The number of aromatic carboxylic acids is 1. The van der Waals surface area contributed by atoms with Crippen molar-refractivity contribution < 1.29 is 23.9 Å². The van der Waals surface area contributed by atoms with Crippen molar-refractivity contribution in [1.29, 1.82) is 0 Å². The Morgan fingerprint density at radius 1 is 1.15 bits per heavy atom. The first-order valence-electron chi connectivity index (χ1n) is 12.1. The first-order valence-corrected chi connectivity index (χ1v) is 12.9. The fourth-order valence-corrected chi connectivity index (χ4v) is 4.96. The lowest BCUT2D eigenvalue weighted by Crippen LogP contribution is -2.02. The number of hydrogen-bond donors (Lipinski definition) is 1. The molecule has 0 saturated heterocycles. The van der Waals surface area contributed by atoms with Gasteiger partial charge in [-0.1, -0.05) is 35.0 Å². The lowest BCUT2D eigenvalue weighted by Gasteiger charge is -2.12. The molecule has 3 aromatic heterocycles. The van der Waals surface area contributed by atoms with Gasteiger partial charge in [0, 0.05) is 30.2 Å². The Kier molecular flexibility index (Phi) is 7.25. The van der Waals surface area contributed by atoms with Crippen LogP contribution in [-0.4, -0.2) is 32.9 Å². The molecule has 8 nitrogen and oxygen atoms in total. The van der Waals surface area contributed by atoms with Gasteiger partial charge in [0.15, 0.2) is 5.76 Å². The number of rotatable bonds is 8. The molecule has 2 aromatic carbocycles. The minimum absolute atomic E-state index is 0.131. The zero-order chi connectivity index (χ0) is 27.8. The van der Waals surface area contributed by atoms with Crippen LogP contribution >= 0.6 is 23.2 Å². The Bertz CT molecular complexity index is 1710. The zero-order valence-corrected chi connectivity index (χ0v) is 23.2. The molecule has 1 unspecified atom stereocenters. The Labute approximate surface area is 234 Å². The molecule has 0 fully saturated rings.